The van der Waals surface area contributed by atoms with Crippen LogP contribution in [0.15, 0.2) is 53.1 Å². The molecule has 2 aromatic carbocycles. The lowest BCUT2D eigenvalue weighted by Crippen LogP contribution is -2.19. The molecule has 7 nitrogen and oxygen atoms in total. The van der Waals surface area contributed by atoms with E-state index in [0.717, 1.165) is 36.0 Å². The molecule has 2 atom stereocenters. The van der Waals surface area contributed by atoms with Crippen LogP contribution in [0.1, 0.15) is 29.2 Å². The molecule has 3 aromatic rings. The highest BCUT2D eigenvalue weighted by molar-refractivity contribution is 5.99. The Bertz CT molecular complexity index is 1050. The molecule has 0 bridgehead atoms. The van der Waals surface area contributed by atoms with Gasteiger partial charge in [-0.2, -0.15) is 0 Å². The molecule has 0 aliphatic carbocycles. The van der Waals surface area contributed by atoms with Crippen molar-refractivity contribution in [2.24, 2.45) is 5.73 Å². The van der Waals surface area contributed by atoms with Crippen molar-refractivity contribution in [3.05, 3.63) is 65.6 Å². The second-order valence-corrected chi connectivity index (χ2v) is 7.27. The number of amidine groups is 1. The first-order valence-corrected chi connectivity index (χ1v) is 9.56. The Balaban J connectivity index is 0.00000171. The molecule has 0 spiro atoms. The zero-order chi connectivity index (χ0) is 20.4. The summed E-state index contributed by atoms with van der Waals surface area (Å²) in [5, 5.41) is 22.2. The van der Waals surface area contributed by atoms with Gasteiger partial charge in [0.25, 0.3) is 0 Å². The fraction of sp³-hybridized carbons (Fsp3) is 0.273. The van der Waals surface area contributed by atoms with Crippen LogP contribution >= 0.6 is 24.8 Å². The van der Waals surface area contributed by atoms with Crippen molar-refractivity contribution < 1.29 is 19.1 Å². The quantitative estimate of drug-likeness (QED) is 0.311. The zero-order valence-corrected chi connectivity index (χ0v) is 18.3. The van der Waals surface area contributed by atoms with Crippen LogP contribution in [-0.2, 0) is 11.2 Å². The van der Waals surface area contributed by atoms with Crippen molar-refractivity contribution in [1.29, 1.82) is 5.41 Å². The zero-order valence-electron chi connectivity index (χ0n) is 16.7. The molecule has 1 aromatic heterocycles. The predicted octanol–water partition coefficient (Wildman–Crippen LogP) is 3.71. The van der Waals surface area contributed by atoms with Gasteiger partial charge in [0.05, 0.1) is 12.2 Å². The summed E-state index contributed by atoms with van der Waals surface area (Å²) in [5.41, 5.74) is 6.83. The molecule has 0 saturated carbocycles. The van der Waals surface area contributed by atoms with Gasteiger partial charge in [0.2, 0.25) is 0 Å². The van der Waals surface area contributed by atoms with Gasteiger partial charge in [0, 0.05) is 29.3 Å². The summed E-state index contributed by atoms with van der Waals surface area (Å²) in [5.74, 6) is -0.331. The molecule has 1 unspecified atom stereocenters. The van der Waals surface area contributed by atoms with Crippen LogP contribution in [0.4, 0.5) is 0 Å². The number of halogens is 2. The third kappa shape index (κ3) is 5.50. The highest BCUT2D eigenvalue weighted by Gasteiger charge is 2.24. The number of rotatable bonds is 7. The molecule has 0 amide bonds. The first kappa shape index (κ1) is 24.5. The Hall–Kier alpha value is -2.74. The lowest BCUT2D eigenvalue weighted by Gasteiger charge is -2.15. The Morgan fingerprint density at radius 1 is 1.26 bits per heavy atom. The van der Waals surface area contributed by atoms with Crippen LogP contribution in [0.5, 0.6) is 5.75 Å². The molecule has 1 saturated heterocycles. The molecule has 4 rings (SSSR count). The van der Waals surface area contributed by atoms with Crippen LogP contribution < -0.4 is 15.8 Å². The monoisotopic (exact) mass is 465 g/mol. The van der Waals surface area contributed by atoms with Gasteiger partial charge in [-0.25, -0.2) is 0 Å². The largest absolute Gasteiger partial charge is 0.489 e. The molecule has 1 fully saturated rings. The number of fused-ring (bicyclic) bond motifs is 1. The van der Waals surface area contributed by atoms with Crippen LogP contribution in [0.25, 0.3) is 10.8 Å². The maximum absolute atomic E-state index is 11.9. The van der Waals surface area contributed by atoms with E-state index in [9.17, 15) is 9.90 Å². The van der Waals surface area contributed by atoms with E-state index in [0.29, 0.717) is 16.9 Å². The maximum atomic E-state index is 11.9. The summed E-state index contributed by atoms with van der Waals surface area (Å²) in [6, 6.07) is 12.6. The van der Waals surface area contributed by atoms with Crippen molar-refractivity contribution in [2.75, 3.05) is 13.1 Å². The number of hydrogen-bond acceptors (Lipinski definition) is 5. The number of ether oxygens (including phenoxy) is 1. The average molecular weight is 466 g/mol. The molecule has 1 aliphatic rings. The Morgan fingerprint density at radius 3 is 2.61 bits per heavy atom. The fourth-order valence-electron chi connectivity index (χ4n) is 3.67. The molecular formula is C22H25Cl2N3O4. The SMILES string of the molecule is Cl.Cl.N=C(N)c1ccc2c(CC(C(=O)O)c3ccc(O[C@H]4CCNC4)cc3)occ2c1. The number of hydrogen-bond donors (Lipinski definition) is 4. The molecule has 2 heterocycles. The Labute approximate surface area is 192 Å². The maximum Gasteiger partial charge on any atom is 0.311 e. The summed E-state index contributed by atoms with van der Waals surface area (Å²) < 4.78 is 11.6. The van der Waals surface area contributed by atoms with Crippen LogP contribution in [0.3, 0.4) is 0 Å². The van der Waals surface area contributed by atoms with Gasteiger partial charge in [-0.3, -0.25) is 10.2 Å². The van der Waals surface area contributed by atoms with Gasteiger partial charge in [-0.05, 0) is 36.7 Å². The summed E-state index contributed by atoms with van der Waals surface area (Å²) in [6.45, 7) is 1.78. The Kier molecular flexibility index (Phi) is 8.33. The van der Waals surface area contributed by atoms with Crippen LogP contribution in [0, 0.1) is 5.41 Å². The lowest BCUT2D eigenvalue weighted by atomic mass is 9.93. The van der Waals surface area contributed by atoms with Gasteiger partial charge in [-0.15, -0.1) is 24.8 Å². The van der Waals surface area contributed by atoms with Gasteiger partial charge < -0.3 is 25.3 Å². The third-order valence-corrected chi connectivity index (χ3v) is 5.28. The first-order valence-electron chi connectivity index (χ1n) is 9.56. The second kappa shape index (κ2) is 10.5. The normalized spacial score (nSPS) is 16.2. The Morgan fingerprint density at radius 2 is 2.00 bits per heavy atom. The number of nitrogen functional groups attached to an aromatic ring is 1. The standard InChI is InChI=1S/C22H23N3O4.2ClH/c23-21(24)14-3-6-18-15(9-14)12-28-20(18)10-19(22(26)27)13-1-4-16(5-2-13)29-17-7-8-25-11-17;;/h1-6,9,12,17,19,25H,7-8,10-11H2,(H3,23,24)(H,26,27);2*1H/t17-,19?;;/m0../s1. The lowest BCUT2D eigenvalue weighted by molar-refractivity contribution is -0.138. The number of carbonyl (C=O) groups is 1. The van der Waals surface area contributed by atoms with Crippen LogP contribution in [0.2, 0.25) is 0 Å². The number of nitrogens with two attached hydrogens (primary N) is 1. The molecule has 5 N–H and O–H groups in total. The molecule has 166 valence electrons. The van der Waals surface area contributed by atoms with Crippen LogP contribution in [-0.4, -0.2) is 36.1 Å². The van der Waals surface area contributed by atoms with E-state index in [1.807, 2.05) is 18.2 Å². The smallest absolute Gasteiger partial charge is 0.311 e. The minimum Gasteiger partial charge on any atom is -0.489 e. The number of benzene rings is 2. The number of carboxylic acids is 1. The minimum atomic E-state index is -0.913. The number of aliphatic carboxylic acids is 1. The number of carboxylic acid groups (broad SMARTS) is 1. The summed E-state index contributed by atoms with van der Waals surface area (Å²) in [7, 11) is 0. The van der Waals surface area contributed by atoms with E-state index in [1.165, 1.54) is 0 Å². The number of furan rings is 1. The summed E-state index contributed by atoms with van der Waals surface area (Å²) in [6.07, 6.45) is 2.93. The van der Waals surface area contributed by atoms with E-state index in [2.05, 4.69) is 5.32 Å². The predicted molar refractivity (Wildman–Crippen MR) is 124 cm³/mol. The van der Waals surface area contributed by atoms with E-state index in [4.69, 9.17) is 20.3 Å². The first-order chi connectivity index (χ1) is 14.0. The fourth-order valence-corrected chi connectivity index (χ4v) is 3.67. The van der Waals surface area contributed by atoms with E-state index in [-0.39, 0.29) is 43.2 Å². The molecule has 1 aliphatic heterocycles. The van der Waals surface area contributed by atoms with Crippen molar-refractivity contribution >= 4 is 47.4 Å². The van der Waals surface area contributed by atoms with Crippen molar-refractivity contribution in [3.63, 3.8) is 0 Å². The summed E-state index contributed by atoms with van der Waals surface area (Å²) in [4.78, 5) is 11.9. The van der Waals surface area contributed by atoms with Gasteiger partial charge in [0.1, 0.15) is 23.4 Å². The molecule has 31 heavy (non-hydrogen) atoms. The van der Waals surface area contributed by atoms with Crippen molar-refractivity contribution in [2.45, 2.75) is 24.9 Å². The van der Waals surface area contributed by atoms with E-state index in [1.54, 1.807) is 30.5 Å². The second-order valence-electron chi connectivity index (χ2n) is 7.27. The van der Waals surface area contributed by atoms with Crippen molar-refractivity contribution in [3.8, 4) is 5.75 Å². The summed E-state index contributed by atoms with van der Waals surface area (Å²) >= 11 is 0. The van der Waals surface area contributed by atoms with Crippen molar-refractivity contribution in [1.82, 2.24) is 5.32 Å². The van der Waals surface area contributed by atoms with E-state index >= 15 is 0 Å². The minimum absolute atomic E-state index is 0. The van der Waals surface area contributed by atoms with E-state index < -0.39 is 11.9 Å². The molecular weight excluding hydrogens is 441 g/mol. The molecule has 9 heteroatoms. The average Bonchev–Trinajstić information content (AvgIpc) is 3.36. The molecule has 0 radical (unpaired) electrons. The van der Waals surface area contributed by atoms with Gasteiger partial charge >= 0.3 is 5.97 Å². The van der Waals surface area contributed by atoms with Gasteiger partial charge in [0.15, 0.2) is 0 Å². The topological polar surface area (TPSA) is 122 Å². The highest BCUT2D eigenvalue weighted by atomic mass is 35.5. The van der Waals surface area contributed by atoms with Gasteiger partial charge in [-0.1, -0.05) is 24.3 Å². The third-order valence-electron chi connectivity index (χ3n) is 5.28. The number of nitrogens with one attached hydrogen (secondary N) is 2. The highest BCUT2D eigenvalue weighted by Crippen LogP contribution is 2.29.